The first-order chi connectivity index (χ1) is 7.02. The summed E-state index contributed by atoms with van der Waals surface area (Å²) in [6.07, 6.45) is -15.3. The minimum absolute atomic E-state index is 1.22. The highest BCUT2D eigenvalue weighted by Crippen LogP contribution is 2.27. The predicted octanol–water partition coefficient (Wildman–Crippen LogP) is 2.36. The number of rotatable bonds is 5. The maximum atomic E-state index is 12.0. The van der Waals surface area contributed by atoms with Crippen molar-refractivity contribution in [3.63, 3.8) is 0 Å². The summed E-state index contributed by atoms with van der Waals surface area (Å²) in [5, 5.41) is 8.10. The Hall–Kier alpha value is -0.990. The molecule has 1 unspecified atom stereocenters. The zero-order valence-corrected chi connectivity index (χ0v) is 7.73. The molecule has 0 fully saturated rings. The van der Waals surface area contributed by atoms with Gasteiger partial charge in [-0.15, -0.1) is 0 Å². The van der Waals surface area contributed by atoms with Gasteiger partial charge in [0.25, 0.3) is 0 Å². The van der Waals surface area contributed by atoms with Gasteiger partial charge in [-0.3, -0.25) is 4.79 Å². The third-order valence-corrected chi connectivity index (χ3v) is 1.43. The summed E-state index contributed by atoms with van der Waals surface area (Å²) in [5.74, 6) is -1.80. The van der Waals surface area contributed by atoms with Crippen LogP contribution >= 0.6 is 0 Å². The van der Waals surface area contributed by atoms with Crippen LogP contribution in [0.1, 0.15) is 12.8 Å². The smallest absolute Gasteiger partial charge is 0.415 e. The van der Waals surface area contributed by atoms with Gasteiger partial charge >= 0.3 is 18.3 Å². The van der Waals surface area contributed by atoms with E-state index in [9.17, 15) is 31.1 Å². The first-order valence-corrected chi connectivity index (χ1v) is 3.99. The average molecular weight is 254 g/mol. The molecule has 16 heavy (non-hydrogen) atoms. The van der Waals surface area contributed by atoms with E-state index in [1.54, 1.807) is 0 Å². The van der Waals surface area contributed by atoms with E-state index >= 15 is 0 Å². The Morgan fingerprint density at radius 1 is 1.19 bits per heavy atom. The molecule has 0 aliphatic carbocycles. The van der Waals surface area contributed by atoms with Crippen LogP contribution < -0.4 is 0 Å². The summed E-state index contributed by atoms with van der Waals surface area (Å²) >= 11 is 0. The van der Waals surface area contributed by atoms with Gasteiger partial charge in [-0.1, -0.05) is 0 Å². The lowest BCUT2D eigenvalue weighted by atomic mass is 10.2. The van der Waals surface area contributed by atoms with Crippen molar-refractivity contribution in [1.29, 1.82) is 0 Å². The van der Waals surface area contributed by atoms with Gasteiger partial charge in [-0.05, 0) is 0 Å². The van der Waals surface area contributed by atoms with Gasteiger partial charge in [-0.2, -0.15) is 26.3 Å². The molecule has 0 amide bonds. The molecule has 0 saturated heterocycles. The number of aliphatic carboxylic acids is 1. The van der Waals surface area contributed by atoms with Crippen LogP contribution in [-0.4, -0.2) is 36.1 Å². The van der Waals surface area contributed by atoms with Crippen LogP contribution in [-0.2, 0) is 9.53 Å². The Kier molecular flexibility index (Phi) is 5.04. The largest absolute Gasteiger partial charge is 0.481 e. The highest BCUT2D eigenvalue weighted by atomic mass is 19.4. The Morgan fingerprint density at radius 3 is 2.00 bits per heavy atom. The Labute approximate surface area is 86.0 Å². The van der Waals surface area contributed by atoms with E-state index in [2.05, 4.69) is 4.74 Å². The van der Waals surface area contributed by atoms with Gasteiger partial charge in [0.05, 0.1) is 19.4 Å². The Morgan fingerprint density at radius 2 is 1.69 bits per heavy atom. The van der Waals surface area contributed by atoms with Crippen molar-refractivity contribution in [2.75, 3.05) is 6.61 Å². The second-order valence-electron chi connectivity index (χ2n) is 2.86. The molecule has 9 heteroatoms. The standard InChI is InChI=1S/C7H8F6O3/c8-6(9,10)1-2-16-4(3-5(14)15)7(11,12)13/h4H,1-3H2,(H,14,15). The van der Waals surface area contributed by atoms with E-state index in [-0.39, 0.29) is 0 Å². The summed E-state index contributed by atoms with van der Waals surface area (Å²) in [4.78, 5) is 10.0. The first-order valence-electron chi connectivity index (χ1n) is 3.99. The summed E-state index contributed by atoms with van der Waals surface area (Å²) in [6.45, 7) is -1.22. The van der Waals surface area contributed by atoms with Crippen LogP contribution in [0.25, 0.3) is 0 Å². The minimum Gasteiger partial charge on any atom is -0.481 e. The molecule has 0 spiro atoms. The lowest BCUT2D eigenvalue weighted by Gasteiger charge is -2.19. The number of carboxylic acids is 1. The maximum Gasteiger partial charge on any atom is 0.415 e. The Bertz CT molecular complexity index is 233. The average Bonchev–Trinajstić information content (AvgIpc) is 1.97. The molecule has 0 aliphatic heterocycles. The van der Waals surface area contributed by atoms with Gasteiger partial charge < -0.3 is 9.84 Å². The molecule has 96 valence electrons. The fourth-order valence-corrected chi connectivity index (χ4v) is 0.745. The van der Waals surface area contributed by atoms with Crippen LogP contribution in [0.2, 0.25) is 0 Å². The summed E-state index contributed by atoms with van der Waals surface area (Å²) in [7, 11) is 0. The lowest BCUT2D eigenvalue weighted by molar-refractivity contribution is -0.232. The molecular weight excluding hydrogens is 246 g/mol. The zero-order valence-electron chi connectivity index (χ0n) is 7.73. The summed E-state index contributed by atoms with van der Waals surface area (Å²) in [5.41, 5.74) is 0. The van der Waals surface area contributed by atoms with Gasteiger partial charge in [0.15, 0.2) is 6.10 Å². The minimum atomic E-state index is -5.00. The van der Waals surface area contributed by atoms with Crippen molar-refractivity contribution in [1.82, 2.24) is 0 Å². The number of carboxylic acid groups (broad SMARTS) is 1. The second kappa shape index (κ2) is 5.37. The van der Waals surface area contributed by atoms with Gasteiger partial charge in [0.2, 0.25) is 0 Å². The molecule has 0 aromatic heterocycles. The Balaban J connectivity index is 4.19. The quantitative estimate of drug-likeness (QED) is 0.766. The number of alkyl halides is 6. The fraction of sp³-hybridized carbons (Fsp3) is 0.857. The van der Waals surface area contributed by atoms with Crippen molar-refractivity contribution in [3.05, 3.63) is 0 Å². The normalized spacial score (nSPS) is 14.9. The highest BCUT2D eigenvalue weighted by molar-refractivity contribution is 5.67. The molecule has 0 radical (unpaired) electrons. The number of hydrogen-bond acceptors (Lipinski definition) is 2. The molecule has 0 heterocycles. The van der Waals surface area contributed by atoms with E-state index in [4.69, 9.17) is 5.11 Å². The predicted molar refractivity (Wildman–Crippen MR) is 38.7 cm³/mol. The highest BCUT2D eigenvalue weighted by Gasteiger charge is 2.42. The van der Waals surface area contributed by atoms with E-state index in [0.29, 0.717) is 0 Å². The third-order valence-electron chi connectivity index (χ3n) is 1.43. The number of ether oxygens (including phenoxy) is 1. The van der Waals surface area contributed by atoms with E-state index in [0.717, 1.165) is 0 Å². The van der Waals surface area contributed by atoms with Crippen molar-refractivity contribution >= 4 is 5.97 Å². The molecular formula is C7H8F6O3. The van der Waals surface area contributed by atoms with Gasteiger partial charge in [0, 0.05) is 0 Å². The van der Waals surface area contributed by atoms with Crippen LogP contribution in [0.5, 0.6) is 0 Å². The number of carbonyl (C=O) groups is 1. The zero-order chi connectivity index (χ0) is 13.0. The molecule has 0 saturated carbocycles. The monoisotopic (exact) mass is 254 g/mol. The van der Waals surface area contributed by atoms with Crippen molar-refractivity contribution in [2.24, 2.45) is 0 Å². The molecule has 0 aromatic carbocycles. The molecule has 0 aromatic rings. The van der Waals surface area contributed by atoms with Crippen molar-refractivity contribution in [2.45, 2.75) is 31.3 Å². The van der Waals surface area contributed by atoms with Gasteiger partial charge in [0.1, 0.15) is 0 Å². The van der Waals surface area contributed by atoms with E-state index in [1.807, 2.05) is 0 Å². The van der Waals surface area contributed by atoms with Crippen LogP contribution in [0, 0.1) is 0 Å². The first kappa shape index (κ1) is 15.0. The second-order valence-corrected chi connectivity index (χ2v) is 2.86. The molecule has 0 bridgehead atoms. The fourth-order valence-electron chi connectivity index (χ4n) is 0.745. The third kappa shape index (κ3) is 7.32. The lowest BCUT2D eigenvalue weighted by Crippen LogP contribution is -2.34. The molecule has 0 rings (SSSR count). The topological polar surface area (TPSA) is 46.5 Å². The number of halogens is 6. The summed E-state index contributed by atoms with van der Waals surface area (Å²) < 4.78 is 74.7. The van der Waals surface area contributed by atoms with Crippen molar-refractivity contribution in [3.8, 4) is 0 Å². The van der Waals surface area contributed by atoms with Crippen molar-refractivity contribution < 1.29 is 41.0 Å². The molecule has 1 atom stereocenters. The van der Waals surface area contributed by atoms with Gasteiger partial charge in [-0.25, -0.2) is 0 Å². The number of hydrogen-bond donors (Lipinski definition) is 1. The SMILES string of the molecule is O=C(O)CC(OCCC(F)(F)F)C(F)(F)F. The van der Waals surface area contributed by atoms with Crippen LogP contribution in [0.15, 0.2) is 0 Å². The van der Waals surface area contributed by atoms with E-state index in [1.165, 1.54) is 0 Å². The van der Waals surface area contributed by atoms with Crippen LogP contribution in [0.3, 0.4) is 0 Å². The maximum absolute atomic E-state index is 12.0. The summed E-state index contributed by atoms with van der Waals surface area (Å²) in [6, 6.07) is 0. The molecule has 0 aliphatic rings. The molecule has 3 nitrogen and oxygen atoms in total. The van der Waals surface area contributed by atoms with Crippen LogP contribution in [0.4, 0.5) is 26.3 Å². The molecule has 1 N–H and O–H groups in total. The van der Waals surface area contributed by atoms with E-state index < -0.39 is 43.9 Å².